The third kappa shape index (κ3) is 5.37. The Balaban J connectivity index is 1.77. The first-order chi connectivity index (χ1) is 14.4. The third-order valence-corrected chi connectivity index (χ3v) is 4.50. The van der Waals surface area contributed by atoms with Crippen molar-refractivity contribution in [1.29, 1.82) is 5.26 Å². The molecule has 0 aliphatic heterocycles. The summed E-state index contributed by atoms with van der Waals surface area (Å²) < 4.78 is 7.64. The molecule has 0 bridgehead atoms. The number of hydrogen-bond acceptors (Lipinski definition) is 5. The van der Waals surface area contributed by atoms with E-state index in [-0.39, 0.29) is 17.3 Å². The number of nitrogens with one attached hydrogen (secondary N) is 1. The van der Waals surface area contributed by atoms with Crippen LogP contribution in [0.2, 0.25) is 5.02 Å². The number of nitrogens with zero attached hydrogens (tertiary/aromatic N) is 4. The first kappa shape index (κ1) is 21.3. The number of amides is 1. The Labute approximate surface area is 180 Å². The highest BCUT2D eigenvalue weighted by Gasteiger charge is 2.15. The average Bonchev–Trinajstić information content (AvgIpc) is 3.08. The normalized spacial score (nSPS) is 10.7. The molecular weight excluding hydrogens is 402 g/mol. The second kappa shape index (κ2) is 9.42. The van der Waals surface area contributed by atoms with E-state index < -0.39 is 0 Å². The van der Waals surface area contributed by atoms with E-state index in [2.05, 4.69) is 29.2 Å². The van der Waals surface area contributed by atoms with Crippen molar-refractivity contribution in [2.75, 3.05) is 11.9 Å². The number of aryl methyl sites for hydroxylation is 1. The van der Waals surface area contributed by atoms with Crippen LogP contribution >= 0.6 is 11.6 Å². The van der Waals surface area contributed by atoms with Gasteiger partial charge in [0.2, 0.25) is 0 Å². The van der Waals surface area contributed by atoms with Gasteiger partial charge in [-0.3, -0.25) is 9.48 Å². The van der Waals surface area contributed by atoms with Gasteiger partial charge in [0.15, 0.2) is 5.69 Å². The maximum Gasteiger partial charge on any atom is 0.276 e. The van der Waals surface area contributed by atoms with Gasteiger partial charge in [-0.15, -0.1) is 0 Å². The van der Waals surface area contributed by atoms with E-state index in [4.69, 9.17) is 21.6 Å². The molecule has 0 fully saturated rings. The van der Waals surface area contributed by atoms with E-state index in [1.165, 1.54) is 12.3 Å². The molecule has 2 heterocycles. The second-order valence-electron chi connectivity index (χ2n) is 7.28. The minimum Gasteiger partial charge on any atom is -0.493 e. The molecule has 0 saturated carbocycles. The zero-order valence-corrected chi connectivity index (χ0v) is 17.8. The lowest BCUT2D eigenvalue weighted by Gasteiger charge is -2.14. The molecule has 0 aliphatic carbocycles. The van der Waals surface area contributed by atoms with E-state index >= 15 is 0 Å². The van der Waals surface area contributed by atoms with Crippen LogP contribution in [0.5, 0.6) is 5.75 Å². The molecule has 0 unspecified atom stereocenters. The summed E-state index contributed by atoms with van der Waals surface area (Å²) in [5.41, 5.74) is 2.77. The SMILES string of the molecule is Cc1cc(C(=O)Nc2ccc(C#N)nc2)nn1Cc1cc(Cl)ccc1OCC(C)C. The second-order valence-corrected chi connectivity index (χ2v) is 7.72. The summed E-state index contributed by atoms with van der Waals surface area (Å²) in [6.07, 6.45) is 1.44. The number of aromatic nitrogens is 3. The van der Waals surface area contributed by atoms with Gasteiger partial charge in [-0.2, -0.15) is 10.4 Å². The van der Waals surface area contributed by atoms with Crippen molar-refractivity contribution >= 4 is 23.2 Å². The Morgan fingerprint density at radius 1 is 1.30 bits per heavy atom. The van der Waals surface area contributed by atoms with Crippen molar-refractivity contribution in [3.63, 3.8) is 0 Å². The van der Waals surface area contributed by atoms with Crippen molar-refractivity contribution in [1.82, 2.24) is 14.8 Å². The number of nitriles is 1. The number of benzene rings is 1. The monoisotopic (exact) mass is 423 g/mol. The Morgan fingerprint density at radius 3 is 2.77 bits per heavy atom. The Morgan fingerprint density at radius 2 is 2.10 bits per heavy atom. The Bertz CT molecular complexity index is 1080. The topological polar surface area (TPSA) is 92.8 Å². The van der Waals surface area contributed by atoms with Gasteiger partial charge >= 0.3 is 0 Å². The molecule has 3 rings (SSSR count). The first-order valence-corrected chi connectivity index (χ1v) is 9.86. The molecule has 0 saturated heterocycles. The summed E-state index contributed by atoms with van der Waals surface area (Å²) in [6, 6.07) is 12.3. The molecule has 3 aromatic rings. The molecule has 1 amide bonds. The van der Waals surface area contributed by atoms with E-state index in [1.54, 1.807) is 22.9 Å². The number of anilines is 1. The molecular formula is C22H22ClN5O2. The fourth-order valence-electron chi connectivity index (χ4n) is 2.74. The molecule has 0 aliphatic rings. The number of hydrogen-bond donors (Lipinski definition) is 1. The number of rotatable bonds is 7. The minimum absolute atomic E-state index is 0.281. The summed E-state index contributed by atoms with van der Waals surface area (Å²) in [4.78, 5) is 16.5. The molecule has 7 nitrogen and oxygen atoms in total. The number of ether oxygens (including phenoxy) is 1. The highest BCUT2D eigenvalue weighted by molar-refractivity contribution is 6.30. The smallest absolute Gasteiger partial charge is 0.276 e. The summed E-state index contributed by atoms with van der Waals surface area (Å²) in [5, 5.41) is 16.6. The highest BCUT2D eigenvalue weighted by Crippen LogP contribution is 2.25. The summed E-state index contributed by atoms with van der Waals surface area (Å²) >= 11 is 6.18. The lowest BCUT2D eigenvalue weighted by molar-refractivity contribution is 0.102. The van der Waals surface area contributed by atoms with Crippen LogP contribution in [0, 0.1) is 24.2 Å². The van der Waals surface area contributed by atoms with Crippen molar-refractivity contribution in [3.05, 3.63) is 70.3 Å². The van der Waals surface area contributed by atoms with E-state index in [0.29, 0.717) is 29.8 Å². The van der Waals surface area contributed by atoms with Crippen LogP contribution in [0.1, 0.15) is 41.3 Å². The van der Waals surface area contributed by atoms with Crippen LogP contribution in [0.3, 0.4) is 0 Å². The van der Waals surface area contributed by atoms with Crippen molar-refractivity contribution in [2.24, 2.45) is 5.92 Å². The summed E-state index contributed by atoms with van der Waals surface area (Å²) in [6.45, 7) is 7.07. The van der Waals surface area contributed by atoms with Gasteiger partial charge in [0.1, 0.15) is 17.5 Å². The quantitative estimate of drug-likeness (QED) is 0.606. The molecule has 0 radical (unpaired) electrons. The largest absolute Gasteiger partial charge is 0.493 e. The van der Waals surface area contributed by atoms with Gasteiger partial charge in [-0.25, -0.2) is 4.98 Å². The van der Waals surface area contributed by atoms with E-state index in [9.17, 15) is 4.79 Å². The van der Waals surface area contributed by atoms with Crippen LogP contribution in [-0.2, 0) is 6.54 Å². The van der Waals surface area contributed by atoms with Gasteiger partial charge in [0.25, 0.3) is 5.91 Å². The molecule has 1 N–H and O–H groups in total. The standard InChI is InChI=1S/C22H22ClN5O2/c1-14(2)13-30-21-7-4-17(23)9-16(21)12-28-15(3)8-20(27-28)22(29)26-19-6-5-18(10-24)25-11-19/h4-9,11,14H,12-13H2,1-3H3,(H,26,29). The Kier molecular flexibility index (Phi) is 6.70. The van der Waals surface area contributed by atoms with Crippen LogP contribution in [0.25, 0.3) is 0 Å². The first-order valence-electron chi connectivity index (χ1n) is 9.49. The molecule has 154 valence electrons. The zero-order valence-electron chi connectivity index (χ0n) is 17.0. The molecule has 0 atom stereocenters. The van der Waals surface area contributed by atoms with Crippen molar-refractivity contribution in [3.8, 4) is 11.8 Å². The van der Waals surface area contributed by atoms with E-state index in [0.717, 1.165) is 17.0 Å². The van der Waals surface area contributed by atoms with Crippen LogP contribution in [0.15, 0.2) is 42.6 Å². The molecule has 1 aromatic carbocycles. The molecule has 2 aromatic heterocycles. The Hall–Kier alpha value is -3.37. The summed E-state index contributed by atoms with van der Waals surface area (Å²) in [5.74, 6) is 0.787. The minimum atomic E-state index is -0.356. The van der Waals surface area contributed by atoms with Crippen molar-refractivity contribution < 1.29 is 9.53 Å². The van der Waals surface area contributed by atoms with E-state index in [1.807, 2.05) is 25.1 Å². The van der Waals surface area contributed by atoms with Crippen molar-refractivity contribution in [2.45, 2.75) is 27.3 Å². The van der Waals surface area contributed by atoms with Gasteiger partial charge < -0.3 is 10.1 Å². The van der Waals surface area contributed by atoms with Crippen LogP contribution in [-0.4, -0.2) is 27.3 Å². The van der Waals surface area contributed by atoms with Gasteiger partial charge in [0, 0.05) is 16.3 Å². The lowest BCUT2D eigenvalue weighted by atomic mass is 10.2. The fourth-order valence-corrected chi connectivity index (χ4v) is 2.94. The number of carbonyl (C=O) groups excluding carboxylic acids is 1. The molecule has 30 heavy (non-hydrogen) atoms. The van der Waals surface area contributed by atoms with Gasteiger partial charge in [-0.1, -0.05) is 25.4 Å². The van der Waals surface area contributed by atoms with Crippen LogP contribution in [0.4, 0.5) is 5.69 Å². The zero-order chi connectivity index (χ0) is 21.7. The predicted molar refractivity (Wildman–Crippen MR) is 115 cm³/mol. The maximum atomic E-state index is 12.6. The maximum absolute atomic E-state index is 12.6. The lowest BCUT2D eigenvalue weighted by Crippen LogP contribution is -2.14. The number of pyridine rings is 1. The third-order valence-electron chi connectivity index (χ3n) is 4.26. The number of carbonyl (C=O) groups is 1. The van der Waals surface area contributed by atoms with Gasteiger partial charge in [-0.05, 0) is 49.2 Å². The fraction of sp³-hybridized carbons (Fsp3) is 0.273. The van der Waals surface area contributed by atoms with Crippen LogP contribution < -0.4 is 10.1 Å². The molecule has 8 heteroatoms. The number of halogens is 1. The molecule has 0 spiro atoms. The highest BCUT2D eigenvalue weighted by atomic mass is 35.5. The summed E-state index contributed by atoms with van der Waals surface area (Å²) in [7, 11) is 0. The average molecular weight is 424 g/mol. The van der Waals surface area contributed by atoms with Gasteiger partial charge in [0.05, 0.1) is 25.0 Å². The predicted octanol–water partition coefficient (Wildman–Crippen LogP) is 4.45.